The zero-order chi connectivity index (χ0) is 17.6. The zero-order valence-electron chi connectivity index (χ0n) is 13.3. The second-order valence-electron chi connectivity index (χ2n) is 5.26. The van der Waals surface area contributed by atoms with Crippen LogP contribution in [0.4, 0.5) is 22.7 Å². The van der Waals surface area contributed by atoms with Crippen molar-refractivity contribution < 1.29 is 9.59 Å². The third kappa shape index (κ3) is 3.81. The quantitative estimate of drug-likeness (QED) is 0.570. The van der Waals surface area contributed by atoms with Gasteiger partial charge in [0.15, 0.2) is 0 Å². The molecule has 2 amide bonds. The first-order valence-corrected chi connectivity index (χ1v) is 7.61. The zero-order valence-corrected chi connectivity index (χ0v) is 13.3. The highest BCUT2D eigenvalue weighted by Gasteiger charge is 2.25. The molecule has 0 aliphatic heterocycles. The number of nitrogens with one attached hydrogen (secondary N) is 1. The Kier molecular flexibility index (Phi) is 4.71. The minimum atomic E-state index is -0.756. The molecule has 3 N–H and O–H groups in total. The summed E-state index contributed by atoms with van der Waals surface area (Å²) in [6, 6.07) is 19.0. The maximum absolute atomic E-state index is 12.8. The smallest absolute Gasteiger partial charge is 0.321 e. The molecule has 0 fully saturated rings. The largest absolute Gasteiger partial charge is 0.399 e. The molecule has 0 saturated carbocycles. The number of nitrogen functional groups attached to an aromatic ring is 1. The second-order valence-corrected chi connectivity index (χ2v) is 5.26. The van der Waals surface area contributed by atoms with E-state index >= 15 is 0 Å². The number of hydrogen-bond acceptors (Lipinski definition) is 4. The minimum Gasteiger partial charge on any atom is -0.399 e. The maximum Gasteiger partial charge on any atom is 0.321 e. The van der Waals surface area contributed by atoms with Gasteiger partial charge in [-0.3, -0.25) is 19.5 Å². The summed E-state index contributed by atoms with van der Waals surface area (Å²) in [4.78, 5) is 30.5. The summed E-state index contributed by atoms with van der Waals surface area (Å²) in [5, 5.41) is 2.56. The highest BCUT2D eigenvalue weighted by atomic mass is 16.2. The fourth-order valence-electron chi connectivity index (χ4n) is 2.31. The standard InChI is InChI=1S/C19H16N4O2/c20-14-8-10-17(11-9-14)23(16-6-2-1-3-7-16)19(25)18(24)22-15-5-4-12-21-13-15/h1-13H,20H2,(H,22,24). The third-order valence-corrected chi connectivity index (χ3v) is 3.48. The molecule has 3 aromatic rings. The van der Waals surface area contributed by atoms with Crippen molar-refractivity contribution in [3.8, 4) is 0 Å². The van der Waals surface area contributed by atoms with E-state index in [1.807, 2.05) is 6.07 Å². The van der Waals surface area contributed by atoms with Gasteiger partial charge in [-0.1, -0.05) is 18.2 Å². The average Bonchev–Trinajstić information content (AvgIpc) is 2.65. The topological polar surface area (TPSA) is 88.3 Å². The summed E-state index contributed by atoms with van der Waals surface area (Å²) in [6.07, 6.45) is 3.06. The summed E-state index contributed by atoms with van der Waals surface area (Å²) >= 11 is 0. The van der Waals surface area contributed by atoms with Gasteiger partial charge in [0.2, 0.25) is 0 Å². The van der Waals surface area contributed by atoms with Gasteiger partial charge >= 0.3 is 11.8 Å². The predicted octanol–water partition coefficient (Wildman–Crippen LogP) is 2.97. The Labute approximate surface area is 144 Å². The lowest BCUT2D eigenvalue weighted by Gasteiger charge is -2.22. The SMILES string of the molecule is Nc1ccc(N(C(=O)C(=O)Nc2cccnc2)c2ccccc2)cc1. The fourth-order valence-corrected chi connectivity index (χ4v) is 2.31. The van der Waals surface area contributed by atoms with E-state index in [0.717, 1.165) is 0 Å². The van der Waals surface area contributed by atoms with Crippen LogP contribution in [0.2, 0.25) is 0 Å². The Morgan fingerprint density at radius 3 is 2.20 bits per heavy atom. The van der Waals surface area contributed by atoms with Crippen LogP contribution in [0.3, 0.4) is 0 Å². The summed E-state index contributed by atoms with van der Waals surface area (Å²) in [5.74, 6) is -1.46. The van der Waals surface area contributed by atoms with E-state index in [0.29, 0.717) is 22.7 Å². The molecule has 6 heteroatoms. The van der Waals surface area contributed by atoms with E-state index in [9.17, 15) is 9.59 Å². The number of nitrogens with two attached hydrogens (primary N) is 1. The van der Waals surface area contributed by atoms with Crippen molar-refractivity contribution >= 4 is 34.6 Å². The third-order valence-electron chi connectivity index (χ3n) is 3.48. The van der Waals surface area contributed by atoms with Gasteiger partial charge in [-0.05, 0) is 48.5 Å². The Morgan fingerprint density at radius 2 is 1.56 bits per heavy atom. The average molecular weight is 332 g/mol. The molecular formula is C19H16N4O2. The Morgan fingerprint density at radius 1 is 0.880 bits per heavy atom. The number of nitrogens with zero attached hydrogens (tertiary/aromatic N) is 2. The molecule has 0 unspecified atom stereocenters. The predicted molar refractivity (Wildman–Crippen MR) is 97.3 cm³/mol. The molecule has 0 aliphatic carbocycles. The molecule has 6 nitrogen and oxygen atoms in total. The lowest BCUT2D eigenvalue weighted by molar-refractivity contribution is -0.134. The summed E-state index contributed by atoms with van der Waals surface area (Å²) in [6.45, 7) is 0. The lowest BCUT2D eigenvalue weighted by atomic mass is 10.2. The van der Waals surface area contributed by atoms with Crippen molar-refractivity contribution in [2.45, 2.75) is 0 Å². The normalized spacial score (nSPS) is 10.1. The summed E-state index contributed by atoms with van der Waals surface area (Å²) in [7, 11) is 0. The van der Waals surface area contributed by atoms with Crippen molar-refractivity contribution in [1.82, 2.24) is 4.98 Å². The molecule has 0 saturated heterocycles. The van der Waals surface area contributed by atoms with Gasteiger partial charge in [0.1, 0.15) is 0 Å². The van der Waals surface area contributed by atoms with Crippen LogP contribution in [0.5, 0.6) is 0 Å². The van der Waals surface area contributed by atoms with Crippen LogP contribution in [0, 0.1) is 0 Å². The van der Waals surface area contributed by atoms with Crippen molar-refractivity contribution in [1.29, 1.82) is 0 Å². The Balaban J connectivity index is 1.92. The monoisotopic (exact) mass is 332 g/mol. The van der Waals surface area contributed by atoms with Crippen LogP contribution < -0.4 is 16.0 Å². The molecule has 3 rings (SSSR count). The van der Waals surface area contributed by atoms with Crippen molar-refractivity contribution in [2.24, 2.45) is 0 Å². The molecule has 0 bridgehead atoms. The molecule has 124 valence electrons. The first-order valence-electron chi connectivity index (χ1n) is 7.61. The van der Waals surface area contributed by atoms with Crippen LogP contribution >= 0.6 is 0 Å². The highest BCUT2D eigenvalue weighted by molar-refractivity contribution is 6.45. The van der Waals surface area contributed by atoms with Gasteiger partial charge in [0.05, 0.1) is 11.9 Å². The molecule has 0 radical (unpaired) electrons. The number of benzene rings is 2. The first-order chi connectivity index (χ1) is 12.1. The number of rotatable bonds is 3. The molecule has 1 heterocycles. The van der Waals surface area contributed by atoms with E-state index in [2.05, 4.69) is 10.3 Å². The fraction of sp³-hybridized carbons (Fsp3) is 0. The highest BCUT2D eigenvalue weighted by Crippen LogP contribution is 2.26. The number of carbonyl (C=O) groups excluding carboxylic acids is 2. The number of carbonyl (C=O) groups is 2. The van der Waals surface area contributed by atoms with Gasteiger partial charge in [-0.2, -0.15) is 0 Å². The minimum absolute atomic E-state index is 0.450. The Bertz CT molecular complexity index is 865. The second kappa shape index (κ2) is 7.27. The van der Waals surface area contributed by atoms with E-state index < -0.39 is 11.8 Å². The summed E-state index contributed by atoms with van der Waals surface area (Å²) in [5.41, 5.74) is 7.87. The van der Waals surface area contributed by atoms with E-state index in [1.165, 1.54) is 11.1 Å². The van der Waals surface area contributed by atoms with Gasteiger partial charge in [-0.15, -0.1) is 0 Å². The summed E-state index contributed by atoms with van der Waals surface area (Å²) < 4.78 is 0. The lowest BCUT2D eigenvalue weighted by Crippen LogP contribution is -2.36. The van der Waals surface area contributed by atoms with Crippen molar-refractivity contribution in [3.05, 3.63) is 79.1 Å². The van der Waals surface area contributed by atoms with Crippen LogP contribution in [-0.4, -0.2) is 16.8 Å². The molecule has 1 aromatic heterocycles. The number of para-hydroxylation sites is 1. The number of anilines is 4. The van der Waals surface area contributed by atoms with Crippen LogP contribution in [0.1, 0.15) is 0 Å². The van der Waals surface area contributed by atoms with Gasteiger partial charge < -0.3 is 11.1 Å². The van der Waals surface area contributed by atoms with Crippen LogP contribution in [-0.2, 0) is 9.59 Å². The molecule has 0 atom stereocenters. The number of pyridine rings is 1. The first kappa shape index (κ1) is 16.2. The molecule has 0 spiro atoms. The molecule has 2 aromatic carbocycles. The van der Waals surface area contributed by atoms with E-state index in [1.54, 1.807) is 66.9 Å². The van der Waals surface area contributed by atoms with Crippen LogP contribution in [0.15, 0.2) is 79.1 Å². The van der Waals surface area contributed by atoms with E-state index in [4.69, 9.17) is 5.73 Å². The number of hydrogen-bond donors (Lipinski definition) is 2. The molecule has 25 heavy (non-hydrogen) atoms. The number of aromatic nitrogens is 1. The molecule has 0 aliphatic rings. The van der Waals surface area contributed by atoms with Crippen molar-refractivity contribution in [3.63, 3.8) is 0 Å². The Hall–Kier alpha value is -3.67. The van der Waals surface area contributed by atoms with Crippen LogP contribution in [0.25, 0.3) is 0 Å². The van der Waals surface area contributed by atoms with Gasteiger partial charge in [0.25, 0.3) is 0 Å². The maximum atomic E-state index is 12.8. The number of amides is 2. The van der Waals surface area contributed by atoms with E-state index in [-0.39, 0.29) is 0 Å². The van der Waals surface area contributed by atoms with Gasteiger partial charge in [0, 0.05) is 23.3 Å². The molecular weight excluding hydrogens is 316 g/mol. The van der Waals surface area contributed by atoms with Gasteiger partial charge in [-0.25, -0.2) is 0 Å². The van der Waals surface area contributed by atoms with Crippen molar-refractivity contribution in [2.75, 3.05) is 16.0 Å².